The predicted octanol–water partition coefficient (Wildman–Crippen LogP) is 4.36. The molecule has 2 aromatic heterocycles. The molecule has 24 heavy (non-hydrogen) atoms. The van der Waals surface area contributed by atoms with Gasteiger partial charge >= 0.3 is 6.01 Å². The molecule has 0 aliphatic heterocycles. The lowest BCUT2D eigenvalue weighted by Gasteiger charge is -2.07. The van der Waals surface area contributed by atoms with Crippen LogP contribution in [-0.4, -0.2) is 22.1 Å². The monoisotopic (exact) mass is 323 g/mol. The molecule has 2 heterocycles. The number of fused-ring (bicyclic) bond motifs is 2. The smallest absolute Gasteiger partial charge is 0.322 e. The first-order chi connectivity index (χ1) is 11.6. The van der Waals surface area contributed by atoms with Gasteiger partial charge in [0, 0.05) is 34.2 Å². The first-order valence-electron chi connectivity index (χ1n) is 7.40. The summed E-state index contributed by atoms with van der Waals surface area (Å²) in [5.41, 5.74) is 2.27. The zero-order valence-electron chi connectivity index (χ0n) is 13.1. The predicted molar refractivity (Wildman–Crippen MR) is 89.2 cm³/mol. The van der Waals surface area contributed by atoms with E-state index >= 15 is 0 Å². The summed E-state index contributed by atoms with van der Waals surface area (Å²) in [4.78, 5) is 11.5. The van der Waals surface area contributed by atoms with Gasteiger partial charge in [0.05, 0.1) is 12.6 Å². The Hall–Kier alpha value is -3.15. The third kappa shape index (κ3) is 2.42. The minimum atomic E-state index is -0.439. The molecule has 0 spiro atoms. The Labute approximate surface area is 137 Å². The van der Waals surface area contributed by atoms with Gasteiger partial charge in [-0.1, -0.05) is 0 Å². The summed E-state index contributed by atoms with van der Waals surface area (Å²) in [6.45, 7) is 1.87. The van der Waals surface area contributed by atoms with Gasteiger partial charge in [0.15, 0.2) is 11.6 Å². The number of methoxy groups -OCH3 is 1. The van der Waals surface area contributed by atoms with Crippen LogP contribution in [0.25, 0.3) is 21.8 Å². The maximum absolute atomic E-state index is 14.6. The molecule has 0 unspecified atom stereocenters. The van der Waals surface area contributed by atoms with Crippen molar-refractivity contribution in [3.63, 3.8) is 0 Å². The fourth-order valence-electron chi connectivity index (χ4n) is 2.63. The lowest BCUT2D eigenvalue weighted by molar-refractivity contribution is 0.412. The zero-order valence-corrected chi connectivity index (χ0v) is 13.1. The lowest BCUT2D eigenvalue weighted by atomic mass is 10.2. The molecule has 6 heteroatoms. The van der Waals surface area contributed by atoms with E-state index in [4.69, 9.17) is 9.47 Å². The van der Waals surface area contributed by atoms with E-state index in [0.717, 1.165) is 16.6 Å². The van der Waals surface area contributed by atoms with E-state index in [0.29, 0.717) is 16.7 Å². The maximum atomic E-state index is 14.6. The average molecular weight is 323 g/mol. The summed E-state index contributed by atoms with van der Waals surface area (Å²) in [7, 11) is 1.59. The van der Waals surface area contributed by atoms with Crippen LogP contribution in [0, 0.1) is 12.7 Å². The molecular weight excluding hydrogens is 309 g/mol. The molecule has 4 aromatic rings. The summed E-state index contributed by atoms with van der Waals surface area (Å²) < 4.78 is 25.3. The molecule has 0 saturated heterocycles. The van der Waals surface area contributed by atoms with Crippen LogP contribution in [0.3, 0.4) is 0 Å². The number of ether oxygens (including phenoxy) is 2. The minimum Gasteiger partial charge on any atom is -0.497 e. The molecule has 0 saturated carbocycles. The Kier molecular flexibility index (Phi) is 3.30. The van der Waals surface area contributed by atoms with E-state index < -0.39 is 5.82 Å². The number of H-pyrrole nitrogens is 1. The summed E-state index contributed by atoms with van der Waals surface area (Å²) >= 11 is 0. The van der Waals surface area contributed by atoms with Gasteiger partial charge in [-0.2, -0.15) is 4.98 Å². The Balaban J connectivity index is 1.74. The second-order valence-corrected chi connectivity index (χ2v) is 5.47. The van der Waals surface area contributed by atoms with Crippen molar-refractivity contribution in [3.05, 3.63) is 54.1 Å². The molecule has 0 radical (unpaired) electrons. The van der Waals surface area contributed by atoms with Gasteiger partial charge in [-0.05, 0) is 37.3 Å². The second kappa shape index (κ2) is 5.49. The fraction of sp³-hybridized carbons (Fsp3) is 0.111. The van der Waals surface area contributed by atoms with E-state index in [1.54, 1.807) is 37.6 Å². The van der Waals surface area contributed by atoms with Gasteiger partial charge in [-0.25, -0.2) is 9.37 Å². The van der Waals surface area contributed by atoms with Gasteiger partial charge in [0.2, 0.25) is 0 Å². The number of halogens is 1. The number of aromatic nitrogens is 3. The number of aryl methyl sites for hydroxylation is 1. The third-order valence-electron chi connectivity index (χ3n) is 3.81. The van der Waals surface area contributed by atoms with Crippen molar-refractivity contribution in [2.75, 3.05) is 7.11 Å². The molecule has 5 nitrogen and oxygen atoms in total. The van der Waals surface area contributed by atoms with Gasteiger partial charge < -0.3 is 14.5 Å². The van der Waals surface area contributed by atoms with Crippen molar-refractivity contribution < 1.29 is 13.9 Å². The molecule has 0 aliphatic rings. The van der Waals surface area contributed by atoms with E-state index in [1.807, 2.05) is 19.1 Å². The van der Waals surface area contributed by atoms with E-state index in [9.17, 15) is 4.39 Å². The van der Waals surface area contributed by atoms with Crippen LogP contribution in [0.2, 0.25) is 0 Å². The molecule has 0 amide bonds. The SMILES string of the molecule is COc1ccc2cnc(Oc3ccc4[nH]c(C)cc4c3F)nc2c1. The van der Waals surface area contributed by atoms with E-state index in [-0.39, 0.29) is 11.8 Å². The number of rotatable bonds is 3. The number of aromatic amines is 1. The van der Waals surface area contributed by atoms with Crippen molar-refractivity contribution >= 4 is 21.8 Å². The van der Waals surface area contributed by atoms with Crippen molar-refractivity contribution in [2.24, 2.45) is 0 Å². The highest BCUT2D eigenvalue weighted by Crippen LogP contribution is 2.30. The standard InChI is InChI=1S/C18H14FN3O2/c1-10-7-13-14(21-10)5-6-16(17(13)19)24-18-20-9-11-3-4-12(23-2)8-15(11)22-18/h3-9,21H,1-2H3. The average Bonchev–Trinajstić information content (AvgIpc) is 2.98. The largest absolute Gasteiger partial charge is 0.497 e. The summed E-state index contributed by atoms with van der Waals surface area (Å²) in [6.07, 6.45) is 1.63. The number of nitrogens with zero attached hydrogens (tertiary/aromatic N) is 2. The van der Waals surface area contributed by atoms with Crippen LogP contribution in [0.15, 0.2) is 42.6 Å². The molecule has 4 rings (SSSR count). The molecule has 0 atom stereocenters. The first kappa shape index (κ1) is 14.4. The molecule has 1 N–H and O–H groups in total. The van der Waals surface area contributed by atoms with Crippen LogP contribution in [0.5, 0.6) is 17.5 Å². The highest BCUT2D eigenvalue weighted by molar-refractivity contribution is 5.83. The number of benzene rings is 2. The highest BCUT2D eigenvalue weighted by atomic mass is 19.1. The summed E-state index contributed by atoms with van der Waals surface area (Å²) in [5.74, 6) is 0.331. The fourth-order valence-corrected chi connectivity index (χ4v) is 2.63. The number of hydrogen-bond acceptors (Lipinski definition) is 4. The molecule has 0 aliphatic carbocycles. The van der Waals surface area contributed by atoms with Gasteiger partial charge in [-0.3, -0.25) is 0 Å². The maximum Gasteiger partial charge on any atom is 0.322 e. The second-order valence-electron chi connectivity index (χ2n) is 5.47. The molecular formula is C18H14FN3O2. The summed E-state index contributed by atoms with van der Waals surface area (Å²) in [5, 5.41) is 1.33. The Morgan fingerprint density at radius 2 is 2.00 bits per heavy atom. The Morgan fingerprint density at radius 3 is 2.83 bits per heavy atom. The van der Waals surface area contributed by atoms with Crippen LogP contribution in [0.4, 0.5) is 4.39 Å². The van der Waals surface area contributed by atoms with Crippen LogP contribution in [-0.2, 0) is 0 Å². The van der Waals surface area contributed by atoms with Gasteiger partial charge in [-0.15, -0.1) is 0 Å². The van der Waals surface area contributed by atoms with Crippen molar-refractivity contribution in [1.82, 2.24) is 15.0 Å². The van der Waals surface area contributed by atoms with E-state index in [2.05, 4.69) is 15.0 Å². The minimum absolute atomic E-state index is 0.0845. The number of nitrogens with one attached hydrogen (secondary N) is 1. The Morgan fingerprint density at radius 1 is 1.12 bits per heavy atom. The van der Waals surface area contributed by atoms with Crippen molar-refractivity contribution in [1.29, 1.82) is 0 Å². The quantitative estimate of drug-likeness (QED) is 0.608. The topological polar surface area (TPSA) is 60.0 Å². The zero-order chi connectivity index (χ0) is 16.7. The summed E-state index contributed by atoms with van der Waals surface area (Å²) in [6, 6.07) is 10.6. The van der Waals surface area contributed by atoms with Crippen molar-refractivity contribution in [3.8, 4) is 17.5 Å². The highest BCUT2D eigenvalue weighted by Gasteiger charge is 2.13. The normalized spacial score (nSPS) is 11.1. The van der Waals surface area contributed by atoms with E-state index in [1.165, 1.54) is 0 Å². The number of hydrogen-bond donors (Lipinski definition) is 1. The molecule has 2 aromatic carbocycles. The molecule has 120 valence electrons. The third-order valence-corrected chi connectivity index (χ3v) is 3.81. The molecule has 0 fully saturated rings. The van der Waals surface area contributed by atoms with Crippen LogP contribution >= 0.6 is 0 Å². The first-order valence-corrected chi connectivity index (χ1v) is 7.40. The van der Waals surface area contributed by atoms with Crippen molar-refractivity contribution in [2.45, 2.75) is 6.92 Å². The Bertz CT molecular complexity index is 1060. The molecule has 0 bridgehead atoms. The van der Waals surface area contributed by atoms with Crippen LogP contribution in [0.1, 0.15) is 5.69 Å². The van der Waals surface area contributed by atoms with Gasteiger partial charge in [0.1, 0.15) is 5.75 Å². The van der Waals surface area contributed by atoms with Gasteiger partial charge in [0.25, 0.3) is 0 Å². The van der Waals surface area contributed by atoms with Crippen LogP contribution < -0.4 is 9.47 Å². The lowest BCUT2D eigenvalue weighted by Crippen LogP contribution is -1.95.